The summed E-state index contributed by atoms with van der Waals surface area (Å²) in [4.78, 5) is 0. The summed E-state index contributed by atoms with van der Waals surface area (Å²) in [6, 6.07) is 4.88. The fourth-order valence-corrected chi connectivity index (χ4v) is 1.94. The lowest BCUT2D eigenvalue weighted by Gasteiger charge is -2.13. The lowest BCUT2D eigenvalue weighted by Crippen LogP contribution is -2.05. The first kappa shape index (κ1) is 10.4. The van der Waals surface area contributed by atoms with Crippen LogP contribution in [0.1, 0.15) is 25.0 Å². The minimum Gasteiger partial charge on any atom is -0.494 e. The molecule has 1 aromatic rings. The Morgan fingerprint density at radius 1 is 1.53 bits per heavy atom. The van der Waals surface area contributed by atoms with Gasteiger partial charge in [-0.1, -0.05) is 19.1 Å². The first-order valence-electron chi connectivity index (χ1n) is 5.15. The molecule has 82 valence electrons. The Labute approximate surface area is 88.7 Å². The van der Waals surface area contributed by atoms with E-state index < -0.39 is 11.9 Å². The van der Waals surface area contributed by atoms with Crippen molar-refractivity contribution in [2.75, 3.05) is 7.11 Å². The second kappa shape index (κ2) is 3.81. The average Bonchev–Trinajstić information content (AvgIpc) is 2.95. The molecule has 15 heavy (non-hydrogen) atoms. The molecule has 1 N–H and O–H groups in total. The maximum Gasteiger partial charge on any atom is 0.170 e. The summed E-state index contributed by atoms with van der Waals surface area (Å²) in [6.45, 7) is 2.06. The highest BCUT2D eigenvalue weighted by molar-refractivity contribution is 5.33. The van der Waals surface area contributed by atoms with Crippen LogP contribution in [0.15, 0.2) is 18.2 Å². The molecule has 1 fully saturated rings. The standard InChI is InChI=1S/C12H15FO2/c1-7-6-9(7)12(14)8-4-3-5-10(15-2)11(8)13/h3-5,7,9,12,14H,6H2,1-2H3. The van der Waals surface area contributed by atoms with Crippen molar-refractivity contribution in [2.45, 2.75) is 19.4 Å². The van der Waals surface area contributed by atoms with E-state index in [2.05, 4.69) is 6.92 Å². The predicted molar refractivity (Wildman–Crippen MR) is 55.2 cm³/mol. The second-order valence-electron chi connectivity index (χ2n) is 4.19. The molecule has 3 heteroatoms. The molecule has 0 aliphatic heterocycles. The summed E-state index contributed by atoms with van der Waals surface area (Å²) in [5, 5.41) is 9.94. The summed E-state index contributed by atoms with van der Waals surface area (Å²) < 4.78 is 18.6. The van der Waals surface area contributed by atoms with Gasteiger partial charge < -0.3 is 9.84 Å². The van der Waals surface area contributed by atoms with Crippen molar-refractivity contribution >= 4 is 0 Å². The summed E-state index contributed by atoms with van der Waals surface area (Å²) in [5.74, 6) is 0.448. The minimum atomic E-state index is -0.699. The van der Waals surface area contributed by atoms with Crippen molar-refractivity contribution in [3.8, 4) is 5.75 Å². The number of ether oxygens (including phenoxy) is 1. The number of methoxy groups -OCH3 is 1. The Kier molecular flexibility index (Phi) is 2.65. The van der Waals surface area contributed by atoms with Gasteiger partial charge in [0.15, 0.2) is 11.6 Å². The Bertz CT molecular complexity index is 365. The van der Waals surface area contributed by atoms with Crippen molar-refractivity contribution in [1.29, 1.82) is 0 Å². The Morgan fingerprint density at radius 2 is 2.20 bits per heavy atom. The molecule has 2 rings (SSSR count). The van der Waals surface area contributed by atoms with Crippen LogP contribution in [0.2, 0.25) is 0 Å². The van der Waals surface area contributed by atoms with Crippen LogP contribution in [0, 0.1) is 17.7 Å². The van der Waals surface area contributed by atoms with Gasteiger partial charge in [0.05, 0.1) is 13.2 Å². The van der Waals surface area contributed by atoms with Gasteiger partial charge in [-0.2, -0.15) is 0 Å². The SMILES string of the molecule is COc1cccc(C(O)C2CC2C)c1F. The van der Waals surface area contributed by atoms with Crippen molar-refractivity contribution < 1.29 is 14.2 Å². The predicted octanol–water partition coefficient (Wildman–Crippen LogP) is 2.52. The summed E-state index contributed by atoms with van der Waals surface area (Å²) in [5.41, 5.74) is 0.351. The topological polar surface area (TPSA) is 29.5 Å². The molecule has 0 heterocycles. The van der Waals surface area contributed by atoms with E-state index in [4.69, 9.17) is 4.74 Å². The van der Waals surface area contributed by atoms with Gasteiger partial charge >= 0.3 is 0 Å². The van der Waals surface area contributed by atoms with Crippen molar-refractivity contribution in [1.82, 2.24) is 0 Å². The number of aliphatic hydroxyl groups excluding tert-OH is 1. The first-order chi connectivity index (χ1) is 7.15. The molecule has 3 unspecified atom stereocenters. The van der Waals surface area contributed by atoms with E-state index in [9.17, 15) is 9.50 Å². The Balaban J connectivity index is 2.27. The smallest absolute Gasteiger partial charge is 0.170 e. The van der Waals surface area contributed by atoms with Gasteiger partial charge in [-0.3, -0.25) is 0 Å². The molecular formula is C12H15FO2. The molecule has 0 saturated heterocycles. The number of hydrogen-bond acceptors (Lipinski definition) is 2. The molecule has 0 spiro atoms. The number of benzene rings is 1. The highest BCUT2D eigenvalue weighted by Gasteiger charge is 2.40. The summed E-state index contributed by atoms with van der Waals surface area (Å²) in [7, 11) is 1.42. The molecule has 0 aromatic heterocycles. The summed E-state index contributed by atoms with van der Waals surface area (Å²) in [6.07, 6.45) is 0.271. The second-order valence-corrected chi connectivity index (χ2v) is 4.19. The first-order valence-corrected chi connectivity index (χ1v) is 5.15. The third-order valence-electron chi connectivity index (χ3n) is 3.11. The Hall–Kier alpha value is -1.09. The number of aliphatic hydroxyl groups is 1. The lowest BCUT2D eigenvalue weighted by molar-refractivity contribution is 0.143. The highest BCUT2D eigenvalue weighted by atomic mass is 19.1. The van der Waals surface area contributed by atoms with Gasteiger partial charge in [-0.05, 0) is 24.3 Å². The molecule has 1 aromatic carbocycles. The molecule has 0 bridgehead atoms. The van der Waals surface area contributed by atoms with Crippen LogP contribution in [0.3, 0.4) is 0 Å². The maximum absolute atomic E-state index is 13.8. The van der Waals surface area contributed by atoms with Crippen LogP contribution in [0.25, 0.3) is 0 Å². The largest absolute Gasteiger partial charge is 0.494 e. The van der Waals surface area contributed by atoms with Crippen LogP contribution in [-0.2, 0) is 0 Å². The zero-order chi connectivity index (χ0) is 11.0. The summed E-state index contributed by atoms with van der Waals surface area (Å²) >= 11 is 0. The lowest BCUT2D eigenvalue weighted by atomic mass is 10.0. The van der Waals surface area contributed by atoms with E-state index in [-0.39, 0.29) is 11.7 Å². The van der Waals surface area contributed by atoms with Crippen LogP contribution in [-0.4, -0.2) is 12.2 Å². The van der Waals surface area contributed by atoms with E-state index >= 15 is 0 Å². The van der Waals surface area contributed by atoms with Gasteiger partial charge in [0.1, 0.15) is 0 Å². The molecule has 2 nitrogen and oxygen atoms in total. The molecule has 0 amide bonds. The van der Waals surface area contributed by atoms with E-state index in [1.807, 2.05) is 0 Å². The molecule has 0 radical (unpaired) electrons. The quantitative estimate of drug-likeness (QED) is 0.830. The van der Waals surface area contributed by atoms with Gasteiger partial charge in [-0.25, -0.2) is 4.39 Å². The Morgan fingerprint density at radius 3 is 2.73 bits per heavy atom. The molecule has 3 atom stereocenters. The van der Waals surface area contributed by atoms with Crippen LogP contribution in [0.4, 0.5) is 4.39 Å². The highest BCUT2D eigenvalue weighted by Crippen LogP contribution is 2.47. The third kappa shape index (κ3) is 1.84. The molecule has 1 aliphatic carbocycles. The third-order valence-corrected chi connectivity index (χ3v) is 3.11. The fraction of sp³-hybridized carbons (Fsp3) is 0.500. The average molecular weight is 210 g/mol. The number of rotatable bonds is 3. The fourth-order valence-electron chi connectivity index (χ4n) is 1.94. The molecule has 1 saturated carbocycles. The van der Waals surface area contributed by atoms with Gasteiger partial charge in [-0.15, -0.1) is 0 Å². The van der Waals surface area contributed by atoms with E-state index in [0.29, 0.717) is 11.5 Å². The van der Waals surface area contributed by atoms with Crippen molar-refractivity contribution in [3.05, 3.63) is 29.6 Å². The van der Waals surface area contributed by atoms with E-state index in [0.717, 1.165) is 6.42 Å². The van der Waals surface area contributed by atoms with Crippen molar-refractivity contribution in [2.24, 2.45) is 11.8 Å². The van der Waals surface area contributed by atoms with E-state index in [1.165, 1.54) is 7.11 Å². The zero-order valence-electron chi connectivity index (χ0n) is 8.90. The molecule has 1 aliphatic rings. The van der Waals surface area contributed by atoms with Crippen LogP contribution in [0.5, 0.6) is 5.75 Å². The van der Waals surface area contributed by atoms with Gasteiger partial charge in [0.2, 0.25) is 0 Å². The monoisotopic (exact) mass is 210 g/mol. The van der Waals surface area contributed by atoms with Gasteiger partial charge in [0.25, 0.3) is 0 Å². The van der Waals surface area contributed by atoms with Gasteiger partial charge in [0, 0.05) is 5.56 Å². The van der Waals surface area contributed by atoms with Crippen molar-refractivity contribution in [3.63, 3.8) is 0 Å². The van der Waals surface area contributed by atoms with Crippen LogP contribution >= 0.6 is 0 Å². The molecular weight excluding hydrogens is 195 g/mol. The number of halogens is 1. The van der Waals surface area contributed by atoms with Crippen LogP contribution < -0.4 is 4.74 Å². The minimum absolute atomic E-state index is 0.194. The zero-order valence-corrected chi connectivity index (χ0v) is 8.90. The maximum atomic E-state index is 13.8. The van der Waals surface area contributed by atoms with E-state index in [1.54, 1.807) is 18.2 Å². The number of hydrogen-bond donors (Lipinski definition) is 1. The normalized spacial score (nSPS) is 26.1.